The summed E-state index contributed by atoms with van der Waals surface area (Å²) in [6.07, 6.45) is -0.238. The fourth-order valence-electron chi connectivity index (χ4n) is 3.93. The maximum atomic E-state index is 12.9. The van der Waals surface area contributed by atoms with Crippen molar-refractivity contribution in [1.82, 2.24) is 14.9 Å². The van der Waals surface area contributed by atoms with Crippen molar-refractivity contribution < 1.29 is 18.0 Å². The van der Waals surface area contributed by atoms with Crippen LogP contribution in [-0.2, 0) is 23.8 Å². The first kappa shape index (κ1) is 21.0. The number of aromatic nitrogens is 2. The second-order valence-corrected chi connectivity index (χ2v) is 7.67. The SMILES string of the molecule is O=C(Cc1ccccn1)N1CCCC1c1cccc(Cc2ccc(C(F)(F)F)cc2)n1. The van der Waals surface area contributed by atoms with Crippen LogP contribution < -0.4 is 0 Å². The minimum atomic E-state index is -4.34. The minimum Gasteiger partial charge on any atom is -0.334 e. The average Bonchev–Trinajstić information content (AvgIpc) is 3.25. The molecule has 1 aromatic carbocycles. The van der Waals surface area contributed by atoms with Crippen LogP contribution in [0.4, 0.5) is 13.2 Å². The van der Waals surface area contributed by atoms with E-state index in [1.165, 1.54) is 12.1 Å². The molecule has 0 spiro atoms. The molecular weight excluding hydrogens is 403 g/mol. The molecule has 4 nitrogen and oxygen atoms in total. The number of hydrogen-bond donors (Lipinski definition) is 0. The van der Waals surface area contributed by atoms with Crippen LogP contribution in [0.1, 0.15) is 47.1 Å². The third kappa shape index (κ3) is 5.10. The molecule has 1 saturated heterocycles. The van der Waals surface area contributed by atoms with E-state index in [0.29, 0.717) is 13.0 Å². The maximum absolute atomic E-state index is 12.9. The predicted octanol–water partition coefficient (Wildman–Crippen LogP) is 4.99. The number of likely N-dealkylation sites (tertiary alicyclic amines) is 1. The highest BCUT2D eigenvalue weighted by atomic mass is 19.4. The number of amides is 1. The number of benzene rings is 1. The van der Waals surface area contributed by atoms with Crippen LogP contribution in [0.3, 0.4) is 0 Å². The molecule has 1 atom stereocenters. The van der Waals surface area contributed by atoms with Gasteiger partial charge in [0, 0.05) is 30.6 Å². The van der Waals surface area contributed by atoms with Crippen molar-refractivity contribution >= 4 is 5.91 Å². The Labute approximate surface area is 178 Å². The van der Waals surface area contributed by atoms with Crippen molar-refractivity contribution in [2.75, 3.05) is 6.54 Å². The molecule has 1 aliphatic heterocycles. The largest absolute Gasteiger partial charge is 0.416 e. The van der Waals surface area contributed by atoms with Crippen molar-refractivity contribution in [1.29, 1.82) is 0 Å². The van der Waals surface area contributed by atoms with Gasteiger partial charge in [0.05, 0.1) is 23.7 Å². The minimum absolute atomic E-state index is 0.0242. The molecule has 31 heavy (non-hydrogen) atoms. The Hall–Kier alpha value is -3.22. The monoisotopic (exact) mass is 425 g/mol. The first-order valence-electron chi connectivity index (χ1n) is 10.2. The third-order valence-electron chi connectivity index (χ3n) is 5.47. The van der Waals surface area contributed by atoms with Gasteiger partial charge in [0.15, 0.2) is 0 Å². The van der Waals surface area contributed by atoms with E-state index >= 15 is 0 Å². The molecule has 7 heteroatoms. The molecule has 160 valence electrons. The summed E-state index contributed by atoms with van der Waals surface area (Å²) < 4.78 is 38.3. The molecule has 4 rings (SSSR count). The Bertz CT molecular complexity index is 1040. The number of rotatable bonds is 5. The van der Waals surface area contributed by atoms with Crippen molar-refractivity contribution in [2.45, 2.75) is 37.9 Å². The van der Waals surface area contributed by atoms with E-state index in [1.807, 2.05) is 41.3 Å². The fourth-order valence-corrected chi connectivity index (χ4v) is 3.93. The van der Waals surface area contributed by atoms with Crippen molar-refractivity contribution in [2.24, 2.45) is 0 Å². The van der Waals surface area contributed by atoms with Gasteiger partial charge in [-0.3, -0.25) is 14.8 Å². The predicted molar refractivity (Wildman–Crippen MR) is 110 cm³/mol. The Balaban J connectivity index is 1.47. The lowest BCUT2D eigenvalue weighted by Crippen LogP contribution is -2.32. The van der Waals surface area contributed by atoms with Gasteiger partial charge in [0.2, 0.25) is 5.91 Å². The van der Waals surface area contributed by atoms with Gasteiger partial charge in [-0.15, -0.1) is 0 Å². The zero-order valence-electron chi connectivity index (χ0n) is 16.8. The lowest BCUT2D eigenvalue weighted by Gasteiger charge is -2.24. The molecule has 0 aliphatic carbocycles. The summed E-state index contributed by atoms with van der Waals surface area (Å²) in [6, 6.07) is 16.2. The maximum Gasteiger partial charge on any atom is 0.416 e. The van der Waals surface area contributed by atoms with E-state index < -0.39 is 11.7 Å². The number of carbonyl (C=O) groups is 1. The van der Waals surface area contributed by atoms with E-state index in [0.717, 1.165) is 47.6 Å². The molecule has 2 aromatic heterocycles. The van der Waals surface area contributed by atoms with Crippen LogP contribution in [0, 0.1) is 0 Å². The number of nitrogens with zero attached hydrogens (tertiary/aromatic N) is 3. The number of halogens is 3. The van der Waals surface area contributed by atoms with Gasteiger partial charge in [-0.05, 0) is 54.8 Å². The summed E-state index contributed by atoms with van der Waals surface area (Å²) >= 11 is 0. The average molecular weight is 425 g/mol. The normalized spacial score (nSPS) is 16.5. The van der Waals surface area contributed by atoms with E-state index in [1.54, 1.807) is 6.20 Å². The van der Waals surface area contributed by atoms with Crippen LogP contribution >= 0.6 is 0 Å². The highest BCUT2D eigenvalue weighted by Crippen LogP contribution is 2.32. The highest BCUT2D eigenvalue weighted by Gasteiger charge is 2.31. The van der Waals surface area contributed by atoms with E-state index in [4.69, 9.17) is 4.98 Å². The third-order valence-corrected chi connectivity index (χ3v) is 5.47. The molecule has 0 N–H and O–H groups in total. The Kier molecular flexibility index (Phi) is 6.02. The Morgan fingerprint density at radius 3 is 2.48 bits per heavy atom. The van der Waals surface area contributed by atoms with Gasteiger partial charge in [-0.2, -0.15) is 13.2 Å². The zero-order valence-corrected chi connectivity index (χ0v) is 16.8. The molecule has 1 unspecified atom stereocenters. The topological polar surface area (TPSA) is 46.1 Å². The standard InChI is InChI=1S/C24H22F3N3O/c25-24(26,27)18-11-9-17(10-12-18)15-20-6-3-7-21(29-20)22-8-4-14-30(22)23(31)16-19-5-1-2-13-28-19/h1-3,5-7,9-13,22H,4,8,14-16H2. The van der Waals surface area contributed by atoms with Gasteiger partial charge in [-0.1, -0.05) is 24.3 Å². The molecular formula is C24H22F3N3O. The summed E-state index contributed by atoms with van der Waals surface area (Å²) in [5.74, 6) is 0.0242. The fraction of sp³-hybridized carbons (Fsp3) is 0.292. The van der Waals surface area contributed by atoms with Crippen LogP contribution in [-0.4, -0.2) is 27.3 Å². The second kappa shape index (κ2) is 8.88. The Morgan fingerprint density at radius 2 is 1.77 bits per heavy atom. The molecule has 1 aliphatic rings. The van der Waals surface area contributed by atoms with Crippen molar-refractivity contribution in [3.8, 4) is 0 Å². The van der Waals surface area contributed by atoms with Gasteiger partial charge in [0.1, 0.15) is 0 Å². The summed E-state index contributed by atoms with van der Waals surface area (Å²) in [5.41, 5.74) is 2.41. The summed E-state index contributed by atoms with van der Waals surface area (Å²) in [5, 5.41) is 0. The first-order valence-corrected chi connectivity index (χ1v) is 10.2. The van der Waals surface area contributed by atoms with Crippen molar-refractivity contribution in [3.63, 3.8) is 0 Å². The summed E-state index contributed by atoms with van der Waals surface area (Å²) in [6.45, 7) is 0.682. The zero-order chi connectivity index (χ0) is 21.8. The smallest absolute Gasteiger partial charge is 0.334 e. The lowest BCUT2D eigenvalue weighted by molar-refractivity contribution is -0.137. The first-order chi connectivity index (χ1) is 14.9. The van der Waals surface area contributed by atoms with Crippen LogP contribution in [0.2, 0.25) is 0 Å². The molecule has 0 radical (unpaired) electrons. The number of alkyl halides is 3. The number of carbonyl (C=O) groups excluding carboxylic acids is 1. The van der Waals surface area contributed by atoms with E-state index in [-0.39, 0.29) is 18.4 Å². The second-order valence-electron chi connectivity index (χ2n) is 7.67. The highest BCUT2D eigenvalue weighted by molar-refractivity contribution is 5.79. The molecule has 3 heterocycles. The summed E-state index contributed by atoms with van der Waals surface area (Å²) in [4.78, 5) is 23.7. The molecule has 3 aromatic rings. The van der Waals surface area contributed by atoms with Gasteiger partial charge < -0.3 is 4.90 Å². The molecule has 0 saturated carbocycles. The van der Waals surface area contributed by atoms with Crippen LogP contribution in [0.5, 0.6) is 0 Å². The molecule has 1 fully saturated rings. The van der Waals surface area contributed by atoms with E-state index in [2.05, 4.69) is 4.98 Å². The Morgan fingerprint density at radius 1 is 1.00 bits per heavy atom. The quantitative estimate of drug-likeness (QED) is 0.578. The van der Waals surface area contributed by atoms with Crippen LogP contribution in [0.15, 0.2) is 66.9 Å². The molecule has 0 bridgehead atoms. The van der Waals surface area contributed by atoms with Gasteiger partial charge >= 0.3 is 6.18 Å². The van der Waals surface area contributed by atoms with Gasteiger partial charge in [0.25, 0.3) is 0 Å². The van der Waals surface area contributed by atoms with Gasteiger partial charge in [-0.25, -0.2) is 0 Å². The number of hydrogen-bond acceptors (Lipinski definition) is 3. The molecule has 1 amide bonds. The lowest BCUT2D eigenvalue weighted by atomic mass is 10.0. The summed E-state index contributed by atoms with van der Waals surface area (Å²) in [7, 11) is 0. The van der Waals surface area contributed by atoms with E-state index in [9.17, 15) is 18.0 Å². The van der Waals surface area contributed by atoms with Crippen LogP contribution in [0.25, 0.3) is 0 Å². The van der Waals surface area contributed by atoms with Crippen molar-refractivity contribution in [3.05, 3.63) is 95.1 Å². The number of pyridine rings is 2.